The van der Waals surface area contributed by atoms with Crippen molar-refractivity contribution in [1.29, 1.82) is 0 Å². The quantitative estimate of drug-likeness (QED) is 0.133. The van der Waals surface area contributed by atoms with Crippen LogP contribution in [0.3, 0.4) is 0 Å². The van der Waals surface area contributed by atoms with E-state index in [0.29, 0.717) is 16.7 Å². The maximum atomic E-state index is 13.5. The van der Waals surface area contributed by atoms with Crippen molar-refractivity contribution in [3.63, 3.8) is 0 Å². The maximum absolute atomic E-state index is 13.5. The second-order valence-electron chi connectivity index (χ2n) is 11.7. The van der Waals surface area contributed by atoms with Gasteiger partial charge in [-0.1, -0.05) is 0 Å². The number of benzene rings is 3. The number of carbonyl (C=O) groups excluding carboxylic acids is 2. The number of hydrogen-bond acceptors (Lipinski definition) is 3. The first-order chi connectivity index (χ1) is 18.7. The molecular weight excluding hydrogens is 628 g/mol. The van der Waals surface area contributed by atoms with Crippen LogP contribution in [0.1, 0.15) is 50.1 Å². The third-order valence-corrected chi connectivity index (χ3v) is 16.5. The minimum absolute atomic E-state index is 0.0382. The van der Waals surface area contributed by atoms with Gasteiger partial charge in [-0.25, -0.2) is 0 Å². The van der Waals surface area contributed by atoms with Crippen LogP contribution in [0.2, 0.25) is 13.1 Å². The van der Waals surface area contributed by atoms with Crippen LogP contribution < -0.4 is 15.3 Å². The van der Waals surface area contributed by atoms with E-state index in [2.05, 4.69) is 91.4 Å². The third kappa shape index (κ3) is 3.04. The van der Waals surface area contributed by atoms with Crippen LogP contribution in [0, 0.1) is 0 Å². The summed E-state index contributed by atoms with van der Waals surface area (Å²) in [5, 5.41) is 4.04. The fourth-order valence-electron chi connectivity index (χ4n) is 6.75. The summed E-state index contributed by atoms with van der Waals surface area (Å²) >= 11 is 0.200. The molecule has 2 aliphatic heterocycles. The molecule has 0 saturated carbocycles. The minimum atomic E-state index is -1.88. The number of hydrogen-bond donors (Lipinski definition) is 0. The second kappa shape index (κ2) is 7.81. The molecule has 2 aromatic heterocycles. The number of para-hydroxylation sites is 2. The van der Waals surface area contributed by atoms with Gasteiger partial charge in [0.15, 0.2) is 0 Å². The van der Waals surface area contributed by atoms with Crippen LogP contribution in [0.15, 0.2) is 77.2 Å². The Balaban J connectivity index is 1.32. The predicted molar refractivity (Wildman–Crippen MR) is 164 cm³/mol. The van der Waals surface area contributed by atoms with E-state index in [1.165, 1.54) is 41.7 Å². The van der Waals surface area contributed by atoms with E-state index < -0.39 is 8.07 Å². The van der Waals surface area contributed by atoms with Crippen molar-refractivity contribution in [3.05, 3.63) is 104 Å². The second-order valence-corrected chi connectivity index (χ2v) is 20.3. The fraction of sp³-hybridized carbons (Fsp3) is 0.152. The summed E-state index contributed by atoms with van der Waals surface area (Å²) in [5.41, 5.74) is 6.62. The molecule has 1 aliphatic carbocycles. The number of fused-ring (bicyclic) bond motifs is 6. The van der Waals surface area contributed by atoms with Gasteiger partial charge in [-0.2, -0.15) is 0 Å². The Hall–Kier alpha value is -2.98. The third-order valence-electron chi connectivity index (χ3n) is 8.89. The molecule has 39 heavy (non-hydrogen) atoms. The average molecular weight is 654 g/mol. The molecule has 0 bridgehead atoms. The van der Waals surface area contributed by atoms with E-state index in [4.69, 9.17) is 0 Å². The number of Topliss-reactive ketones (excluding diaryl/α,β-unsaturated/α-hetero) is 2. The van der Waals surface area contributed by atoms with Crippen molar-refractivity contribution in [3.8, 4) is 0 Å². The van der Waals surface area contributed by atoms with Crippen LogP contribution in [0.4, 0.5) is 15.9 Å². The molecule has 190 valence electrons. The number of ketones is 2. The van der Waals surface area contributed by atoms with Crippen molar-refractivity contribution in [2.24, 2.45) is 0 Å². The Morgan fingerprint density at radius 1 is 0.846 bits per heavy atom. The number of nitrogens with zero attached hydrogens (tertiary/aromatic N) is 1. The molecule has 3 nitrogen and oxygen atoms in total. The summed E-state index contributed by atoms with van der Waals surface area (Å²) in [6, 6.07) is 24.0. The molecule has 8 rings (SSSR count). The SMILES string of the molecule is CC1(C)c2cc(/C=C3/C(=O)c4cc5cc[se]c5cc4C3=O)[se]c2N2c3ccccc3[Si](C)(C)c3cccc1c32. The molecular formula is C33H25NO2Se2Si. The molecule has 5 aromatic rings. The summed E-state index contributed by atoms with van der Waals surface area (Å²) in [4.78, 5) is 31.6. The van der Waals surface area contributed by atoms with Crippen LogP contribution in [0.5, 0.6) is 0 Å². The van der Waals surface area contributed by atoms with E-state index in [-0.39, 0.29) is 46.0 Å². The molecule has 0 atom stereocenters. The van der Waals surface area contributed by atoms with E-state index in [0.717, 1.165) is 9.82 Å². The summed E-state index contributed by atoms with van der Waals surface area (Å²) < 4.78 is 3.62. The van der Waals surface area contributed by atoms with Gasteiger partial charge in [-0.3, -0.25) is 0 Å². The molecule has 0 fully saturated rings. The summed E-state index contributed by atoms with van der Waals surface area (Å²) in [7, 11) is -1.88. The zero-order valence-electron chi connectivity index (χ0n) is 22.1. The fourth-order valence-corrected chi connectivity index (χ4v) is 14.1. The average Bonchev–Trinajstić information content (AvgIpc) is 3.62. The van der Waals surface area contributed by atoms with Crippen molar-refractivity contribution in [1.82, 2.24) is 0 Å². The zero-order chi connectivity index (χ0) is 26.8. The number of allylic oxidation sites excluding steroid dienone is 1. The molecule has 4 heterocycles. The molecule has 0 unspecified atom stereocenters. The predicted octanol–water partition coefficient (Wildman–Crippen LogP) is 5.66. The standard InChI is InChI=1S/C33H25NO2Se2Si/c1-33(2)23-8-7-11-28-29(23)34(25-9-5-6-10-27(25)39(28,3)4)32-24(33)16-19(38-32)15-22-30(35)20-14-18-12-13-37-26(18)17-21(20)31(22)36/h5-17H,1-4H3/b22-15-. The van der Waals surface area contributed by atoms with Crippen molar-refractivity contribution in [2.75, 3.05) is 4.90 Å². The molecule has 3 aliphatic rings. The van der Waals surface area contributed by atoms with Crippen LogP contribution in [-0.4, -0.2) is 48.6 Å². The zero-order valence-corrected chi connectivity index (χ0v) is 26.5. The first-order valence-electron chi connectivity index (χ1n) is 13.2. The van der Waals surface area contributed by atoms with Gasteiger partial charge in [0.05, 0.1) is 0 Å². The van der Waals surface area contributed by atoms with Crippen molar-refractivity contribution < 1.29 is 9.59 Å². The van der Waals surface area contributed by atoms with Crippen molar-refractivity contribution >= 4 is 90.7 Å². The first kappa shape index (κ1) is 23.9. The van der Waals surface area contributed by atoms with Crippen LogP contribution in [0.25, 0.3) is 15.7 Å². The number of carbonyl (C=O) groups is 2. The monoisotopic (exact) mass is 655 g/mol. The van der Waals surface area contributed by atoms with E-state index >= 15 is 0 Å². The summed E-state index contributed by atoms with van der Waals surface area (Å²) in [6.45, 7) is 9.58. The van der Waals surface area contributed by atoms with Gasteiger partial charge in [-0.05, 0) is 0 Å². The summed E-state index contributed by atoms with van der Waals surface area (Å²) in [5.74, 6) is -0.254. The molecule has 6 heteroatoms. The Kier molecular flexibility index (Phi) is 4.78. The Labute approximate surface area is 240 Å². The first-order valence-corrected chi connectivity index (χ1v) is 19.7. The number of rotatable bonds is 1. The summed E-state index contributed by atoms with van der Waals surface area (Å²) in [6.07, 6.45) is 1.91. The van der Waals surface area contributed by atoms with Crippen LogP contribution in [-0.2, 0) is 5.41 Å². The molecule has 0 saturated heterocycles. The van der Waals surface area contributed by atoms with Gasteiger partial charge in [-0.15, -0.1) is 0 Å². The van der Waals surface area contributed by atoms with Gasteiger partial charge in [0.2, 0.25) is 0 Å². The molecule has 0 N–H and O–H groups in total. The Bertz CT molecular complexity index is 1920. The number of anilines is 3. The van der Waals surface area contributed by atoms with Crippen LogP contribution >= 0.6 is 0 Å². The van der Waals surface area contributed by atoms with Gasteiger partial charge in [0.25, 0.3) is 0 Å². The van der Waals surface area contributed by atoms with Gasteiger partial charge < -0.3 is 0 Å². The van der Waals surface area contributed by atoms with Gasteiger partial charge >= 0.3 is 241 Å². The Morgan fingerprint density at radius 3 is 2.41 bits per heavy atom. The van der Waals surface area contributed by atoms with Crippen molar-refractivity contribution in [2.45, 2.75) is 32.4 Å². The van der Waals surface area contributed by atoms with Gasteiger partial charge in [0.1, 0.15) is 0 Å². The van der Waals surface area contributed by atoms with Gasteiger partial charge in [0, 0.05) is 0 Å². The topological polar surface area (TPSA) is 37.4 Å². The van der Waals surface area contributed by atoms with E-state index in [9.17, 15) is 9.59 Å². The normalized spacial score (nSPS) is 18.8. The molecule has 0 amide bonds. The molecule has 3 aromatic carbocycles. The Morgan fingerprint density at radius 2 is 1.59 bits per heavy atom. The van der Waals surface area contributed by atoms with E-state index in [1.807, 2.05) is 18.2 Å². The molecule has 0 spiro atoms. The van der Waals surface area contributed by atoms with E-state index in [1.54, 1.807) is 0 Å². The molecule has 0 radical (unpaired) electrons.